The number of benzene rings is 1. The molecular weight excluding hydrogens is 359 g/mol. The molecule has 3 aromatic rings. The number of rotatable bonds is 8. The highest BCUT2D eigenvalue weighted by Gasteiger charge is 2.02. The fourth-order valence-electron chi connectivity index (χ4n) is 2.46. The molecule has 2 N–H and O–H groups in total. The Kier molecular flexibility index (Phi) is 7.01. The molecule has 0 amide bonds. The van der Waals surface area contributed by atoms with E-state index in [0.717, 1.165) is 36.8 Å². The summed E-state index contributed by atoms with van der Waals surface area (Å²) < 4.78 is 23.9. The Bertz CT molecular complexity index is 862. The van der Waals surface area contributed by atoms with Crippen LogP contribution in [0.1, 0.15) is 18.2 Å². The Hall–Kier alpha value is -3.35. The van der Waals surface area contributed by atoms with Crippen LogP contribution in [-0.2, 0) is 13.0 Å². The van der Waals surface area contributed by atoms with Gasteiger partial charge < -0.3 is 19.8 Å². The Labute approximate surface area is 163 Å². The van der Waals surface area contributed by atoms with Crippen molar-refractivity contribution in [1.29, 1.82) is 0 Å². The van der Waals surface area contributed by atoms with Gasteiger partial charge in [0.05, 0.1) is 12.8 Å². The zero-order valence-corrected chi connectivity index (χ0v) is 15.7. The summed E-state index contributed by atoms with van der Waals surface area (Å²) in [6.45, 7) is 4.00. The minimum Gasteiger partial charge on any atom is -0.469 e. The lowest BCUT2D eigenvalue weighted by molar-refractivity contribution is 0.461. The molecular formula is C21H23FN4O2. The monoisotopic (exact) mass is 382 g/mol. The molecule has 0 atom stereocenters. The summed E-state index contributed by atoms with van der Waals surface area (Å²) in [7, 11) is 0. The van der Waals surface area contributed by atoms with Crippen LogP contribution in [0.5, 0.6) is 11.6 Å². The van der Waals surface area contributed by atoms with Crippen molar-refractivity contribution in [2.45, 2.75) is 19.9 Å². The van der Waals surface area contributed by atoms with E-state index in [1.165, 1.54) is 12.1 Å². The lowest BCUT2D eigenvalue weighted by Crippen LogP contribution is -2.38. The number of furan rings is 1. The van der Waals surface area contributed by atoms with Gasteiger partial charge in [-0.05, 0) is 48.9 Å². The molecule has 7 heteroatoms. The molecule has 28 heavy (non-hydrogen) atoms. The molecule has 0 unspecified atom stereocenters. The SMILES string of the molecule is CCNC(=NCc1ccc(Oc2ccc(F)cc2)nc1)NCCc1ccco1. The summed E-state index contributed by atoms with van der Waals surface area (Å²) >= 11 is 0. The van der Waals surface area contributed by atoms with Crippen molar-refractivity contribution in [2.75, 3.05) is 13.1 Å². The van der Waals surface area contributed by atoms with Gasteiger partial charge in [-0.25, -0.2) is 14.4 Å². The van der Waals surface area contributed by atoms with Gasteiger partial charge in [-0.15, -0.1) is 0 Å². The number of aliphatic imine (C=N–C) groups is 1. The fraction of sp³-hybridized carbons (Fsp3) is 0.238. The number of nitrogens with zero attached hydrogens (tertiary/aromatic N) is 2. The second-order valence-corrected chi connectivity index (χ2v) is 6.01. The van der Waals surface area contributed by atoms with Crippen LogP contribution >= 0.6 is 0 Å². The van der Waals surface area contributed by atoms with E-state index < -0.39 is 0 Å². The van der Waals surface area contributed by atoms with Gasteiger partial charge in [-0.1, -0.05) is 6.07 Å². The molecule has 0 radical (unpaired) electrons. The first kappa shape index (κ1) is 19.4. The van der Waals surface area contributed by atoms with Gasteiger partial charge in [-0.2, -0.15) is 0 Å². The maximum Gasteiger partial charge on any atom is 0.219 e. The number of nitrogens with one attached hydrogen (secondary N) is 2. The van der Waals surface area contributed by atoms with Crippen molar-refractivity contribution in [3.8, 4) is 11.6 Å². The third-order valence-electron chi connectivity index (χ3n) is 3.84. The molecule has 0 aliphatic rings. The summed E-state index contributed by atoms with van der Waals surface area (Å²) in [6.07, 6.45) is 4.17. The summed E-state index contributed by atoms with van der Waals surface area (Å²) in [5.74, 6) is 2.35. The zero-order valence-electron chi connectivity index (χ0n) is 15.7. The summed E-state index contributed by atoms with van der Waals surface area (Å²) in [5, 5.41) is 6.50. The predicted octanol–water partition coefficient (Wildman–Crippen LogP) is 3.90. The maximum atomic E-state index is 12.9. The largest absolute Gasteiger partial charge is 0.469 e. The van der Waals surface area contributed by atoms with Crippen LogP contribution in [-0.4, -0.2) is 24.0 Å². The molecule has 1 aromatic carbocycles. The molecule has 0 bridgehead atoms. The van der Waals surface area contributed by atoms with Crippen molar-refractivity contribution in [1.82, 2.24) is 15.6 Å². The van der Waals surface area contributed by atoms with Gasteiger partial charge in [0.2, 0.25) is 5.88 Å². The predicted molar refractivity (Wildman–Crippen MR) is 106 cm³/mol. The normalized spacial score (nSPS) is 11.3. The Morgan fingerprint density at radius 3 is 2.68 bits per heavy atom. The van der Waals surface area contributed by atoms with Crippen molar-refractivity contribution < 1.29 is 13.5 Å². The van der Waals surface area contributed by atoms with Gasteiger partial charge in [0.15, 0.2) is 5.96 Å². The molecule has 0 saturated heterocycles. The van der Waals surface area contributed by atoms with Gasteiger partial charge in [0, 0.05) is 31.8 Å². The van der Waals surface area contributed by atoms with Crippen LogP contribution < -0.4 is 15.4 Å². The standard InChI is InChI=1S/C21H23FN4O2/c1-2-23-21(24-12-11-18-4-3-13-27-18)26-15-16-5-10-20(25-14-16)28-19-8-6-17(22)7-9-19/h3-10,13-14H,2,11-12,15H2,1H3,(H2,23,24,26). The van der Waals surface area contributed by atoms with Gasteiger partial charge in [-0.3, -0.25) is 0 Å². The minimum absolute atomic E-state index is 0.303. The average Bonchev–Trinajstić information content (AvgIpc) is 3.22. The van der Waals surface area contributed by atoms with Crippen molar-refractivity contribution in [3.63, 3.8) is 0 Å². The van der Waals surface area contributed by atoms with E-state index >= 15 is 0 Å². The van der Waals surface area contributed by atoms with Crippen LogP contribution in [0.3, 0.4) is 0 Å². The number of pyridine rings is 1. The number of ether oxygens (including phenoxy) is 1. The molecule has 0 aliphatic heterocycles. The molecule has 0 spiro atoms. The number of hydrogen-bond donors (Lipinski definition) is 2. The first-order valence-electron chi connectivity index (χ1n) is 9.16. The summed E-state index contributed by atoms with van der Waals surface area (Å²) in [4.78, 5) is 8.85. The second kappa shape index (κ2) is 10.1. The molecule has 0 aliphatic carbocycles. The molecule has 6 nitrogen and oxygen atoms in total. The molecule has 2 aromatic heterocycles. The van der Waals surface area contributed by atoms with E-state index in [0.29, 0.717) is 18.2 Å². The Morgan fingerprint density at radius 2 is 2.00 bits per heavy atom. The van der Waals surface area contributed by atoms with Crippen molar-refractivity contribution >= 4 is 5.96 Å². The number of halogens is 1. The van der Waals surface area contributed by atoms with E-state index in [1.807, 2.05) is 25.1 Å². The smallest absolute Gasteiger partial charge is 0.219 e. The number of aromatic nitrogens is 1. The lowest BCUT2D eigenvalue weighted by atomic mass is 10.3. The Balaban J connectivity index is 1.52. The first-order valence-corrected chi connectivity index (χ1v) is 9.16. The van der Waals surface area contributed by atoms with Crippen molar-refractivity contribution in [2.24, 2.45) is 4.99 Å². The average molecular weight is 382 g/mol. The molecule has 146 valence electrons. The highest BCUT2D eigenvalue weighted by molar-refractivity contribution is 5.79. The van der Waals surface area contributed by atoms with E-state index in [2.05, 4.69) is 20.6 Å². The van der Waals surface area contributed by atoms with E-state index in [9.17, 15) is 4.39 Å². The molecule has 0 fully saturated rings. The molecule has 2 heterocycles. The highest BCUT2D eigenvalue weighted by atomic mass is 19.1. The second-order valence-electron chi connectivity index (χ2n) is 6.01. The third kappa shape index (κ3) is 6.12. The number of hydrogen-bond acceptors (Lipinski definition) is 4. The first-order chi connectivity index (χ1) is 13.7. The van der Waals surface area contributed by atoms with E-state index in [-0.39, 0.29) is 5.82 Å². The Morgan fingerprint density at radius 1 is 1.14 bits per heavy atom. The van der Waals surface area contributed by atoms with Gasteiger partial charge in [0.25, 0.3) is 0 Å². The summed E-state index contributed by atoms with van der Waals surface area (Å²) in [6, 6.07) is 13.3. The van der Waals surface area contributed by atoms with Crippen LogP contribution in [0.2, 0.25) is 0 Å². The number of guanidine groups is 1. The minimum atomic E-state index is -0.303. The van der Waals surface area contributed by atoms with Gasteiger partial charge >= 0.3 is 0 Å². The fourth-order valence-corrected chi connectivity index (χ4v) is 2.46. The van der Waals surface area contributed by atoms with E-state index in [1.54, 1.807) is 30.7 Å². The van der Waals surface area contributed by atoms with E-state index in [4.69, 9.17) is 9.15 Å². The van der Waals surface area contributed by atoms with Crippen LogP contribution in [0.15, 0.2) is 70.4 Å². The van der Waals surface area contributed by atoms with Crippen molar-refractivity contribution in [3.05, 3.63) is 78.1 Å². The van der Waals surface area contributed by atoms with Crippen LogP contribution in [0, 0.1) is 5.82 Å². The lowest BCUT2D eigenvalue weighted by Gasteiger charge is -2.10. The molecule has 0 saturated carbocycles. The third-order valence-corrected chi connectivity index (χ3v) is 3.84. The highest BCUT2D eigenvalue weighted by Crippen LogP contribution is 2.19. The quantitative estimate of drug-likeness (QED) is 0.457. The molecule has 3 rings (SSSR count). The maximum absolute atomic E-state index is 12.9. The van der Waals surface area contributed by atoms with Crippen LogP contribution in [0.25, 0.3) is 0 Å². The zero-order chi connectivity index (χ0) is 19.6. The summed E-state index contributed by atoms with van der Waals surface area (Å²) in [5.41, 5.74) is 0.953. The van der Waals surface area contributed by atoms with Gasteiger partial charge in [0.1, 0.15) is 17.3 Å². The topological polar surface area (TPSA) is 71.7 Å². The van der Waals surface area contributed by atoms with Crippen LogP contribution in [0.4, 0.5) is 4.39 Å².